The van der Waals surface area contributed by atoms with Gasteiger partial charge in [0.2, 0.25) is 0 Å². The number of fused-ring (bicyclic) bond motifs is 3. The zero-order valence-electron chi connectivity index (χ0n) is 12.1. The fourth-order valence-electron chi connectivity index (χ4n) is 3.70. The van der Waals surface area contributed by atoms with Crippen molar-refractivity contribution in [2.45, 2.75) is 45.4 Å². The van der Waals surface area contributed by atoms with E-state index in [2.05, 4.69) is 21.8 Å². The zero-order chi connectivity index (χ0) is 13.5. The van der Waals surface area contributed by atoms with Crippen LogP contribution in [0.25, 0.3) is 10.2 Å². The molecule has 0 aromatic carbocycles. The predicted molar refractivity (Wildman–Crippen MR) is 84.7 cm³/mol. The number of rotatable bonds is 1. The van der Waals surface area contributed by atoms with Crippen LogP contribution in [-0.4, -0.2) is 23.1 Å². The zero-order valence-corrected chi connectivity index (χ0v) is 12.9. The maximum Gasteiger partial charge on any atom is 0.141 e. The Morgan fingerprint density at radius 1 is 1.20 bits per heavy atom. The SMILES string of the molecule is CC1CCCN(c2ncnc3sc4c(c23)CCCC4)C1. The Kier molecular flexibility index (Phi) is 3.14. The molecule has 2 aromatic rings. The van der Waals surface area contributed by atoms with Crippen molar-refractivity contribution in [1.29, 1.82) is 0 Å². The minimum atomic E-state index is 0.781. The summed E-state index contributed by atoms with van der Waals surface area (Å²) in [5.74, 6) is 1.99. The Balaban J connectivity index is 1.84. The summed E-state index contributed by atoms with van der Waals surface area (Å²) in [6.45, 7) is 4.66. The molecule has 0 spiro atoms. The minimum Gasteiger partial charge on any atom is -0.356 e. The van der Waals surface area contributed by atoms with Crippen molar-refractivity contribution in [1.82, 2.24) is 9.97 Å². The molecule has 106 valence electrons. The highest BCUT2D eigenvalue weighted by atomic mass is 32.1. The number of thiophene rings is 1. The summed E-state index contributed by atoms with van der Waals surface area (Å²) in [5.41, 5.74) is 1.56. The molecule has 20 heavy (non-hydrogen) atoms. The smallest absolute Gasteiger partial charge is 0.141 e. The van der Waals surface area contributed by atoms with Gasteiger partial charge in [0.15, 0.2) is 0 Å². The summed E-state index contributed by atoms with van der Waals surface area (Å²) in [6.07, 6.45) is 9.53. The molecule has 0 amide bonds. The van der Waals surface area contributed by atoms with E-state index in [9.17, 15) is 0 Å². The molecule has 1 atom stereocenters. The molecule has 2 aliphatic rings. The molecule has 4 rings (SSSR count). The van der Waals surface area contributed by atoms with E-state index in [1.807, 2.05) is 11.3 Å². The van der Waals surface area contributed by atoms with E-state index < -0.39 is 0 Å². The van der Waals surface area contributed by atoms with Gasteiger partial charge in [-0.3, -0.25) is 0 Å². The van der Waals surface area contributed by atoms with Crippen molar-refractivity contribution in [2.24, 2.45) is 5.92 Å². The van der Waals surface area contributed by atoms with E-state index in [-0.39, 0.29) is 0 Å². The van der Waals surface area contributed by atoms with Gasteiger partial charge < -0.3 is 4.90 Å². The van der Waals surface area contributed by atoms with Crippen LogP contribution in [0, 0.1) is 5.92 Å². The third kappa shape index (κ3) is 2.01. The Labute approximate surface area is 124 Å². The lowest BCUT2D eigenvalue weighted by atomic mass is 9.96. The molecule has 3 heterocycles. The summed E-state index contributed by atoms with van der Waals surface area (Å²) in [5, 5.41) is 1.38. The van der Waals surface area contributed by atoms with Crippen LogP contribution in [0.4, 0.5) is 5.82 Å². The van der Waals surface area contributed by atoms with Gasteiger partial charge in [-0.15, -0.1) is 11.3 Å². The van der Waals surface area contributed by atoms with Crippen molar-refractivity contribution in [3.8, 4) is 0 Å². The summed E-state index contributed by atoms with van der Waals surface area (Å²) in [7, 11) is 0. The maximum atomic E-state index is 4.67. The molecule has 1 aliphatic heterocycles. The Bertz CT molecular complexity index is 634. The molecular formula is C16H21N3S. The summed E-state index contributed by atoms with van der Waals surface area (Å²) in [6, 6.07) is 0. The van der Waals surface area contributed by atoms with E-state index in [1.54, 1.807) is 16.8 Å². The van der Waals surface area contributed by atoms with Crippen LogP contribution in [-0.2, 0) is 12.8 Å². The molecule has 0 bridgehead atoms. The summed E-state index contributed by atoms with van der Waals surface area (Å²) >= 11 is 1.90. The van der Waals surface area contributed by atoms with E-state index >= 15 is 0 Å². The van der Waals surface area contributed by atoms with Crippen LogP contribution in [0.15, 0.2) is 6.33 Å². The molecule has 2 aromatic heterocycles. The number of aromatic nitrogens is 2. The van der Waals surface area contributed by atoms with E-state index in [4.69, 9.17) is 0 Å². The quantitative estimate of drug-likeness (QED) is 0.798. The number of piperidine rings is 1. The van der Waals surface area contributed by atoms with Gasteiger partial charge in [0.1, 0.15) is 17.0 Å². The van der Waals surface area contributed by atoms with Gasteiger partial charge in [-0.2, -0.15) is 0 Å². The van der Waals surface area contributed by atoms with Crippen molar-refractivity contribution in [3.05, 3.63) is 16.8 Å². The van der Waals surface area contributed by atoms with Gasteiger partial charge in [-0.05, 0) is 50.0 Å². The molecule has 1 aliphatic carbocycles. The highest BCUT2D eigenvalue weighted by Crippen LogP contribution is 2.39. The number of nitrogens with zero attached hydrogens (tertiary/aromatic N) is 3. The Morgan fingerprint density at radius 3 is 3.00 bits per heavy atom. The molecule has 0 radical (unpaired) electrons. The first-order valence-corrected chi connectivity index (χ1v) is 8.65. The molecule has 0 saturated carbocycles. The monoisotopic (exact) mass is 287 g/mol. The summed E-state index contributed by atoms with van der Waals surface area (Å²) < 4.78 is 0. The lowest BCUT2D eigenvalue weighted by Crippen LogP contribution is -2.35. The van der Waals surface area contributed by atoms with Crippen molar-refractivity contribution in [3.63, 3.8) is 0 Å². The fraction of sp³-hybridized carbons (Fsp3) is 0.625. The molecular weight excluding hydrogens is 266 g/mol. The van der Waals surface area contributed by atoms with E-state index in [1.165, 1.54) is 54.6 Å². The molecule has 1 fully saturated rings. The van der Waals surface area contributed by atoms with Gasteiger partial charge in [0.25, 0.3) is 0 Å². The first-order valence-electron chi connectivity index (χ1n) is 7.83. The van der Waals surface area contributed by atoms with Gasteiger partial charge in [-0.25, -0.2) is 9.97 Å². The predicted octanol–water partition coefficient (Wildman–Crippen LogP) is 3.81. The third-order valence-corrected chi connectivity index (χ3v) is 5.89. The molecule has 0 N–H and O–H groups in total. The number of anilines is 1. The van der Waals surface area contributed by atoms with Crippen LogP contribution < -0.4 is 4.90 Å². The minimum absolute atomic E-state index is 0.781. The molecule has 4 heteroatoms. The second-order valence-electron chi connectivity index (χ2n) is 6.28. The summed E-state index contributed by atoms with van der Waals surface area (Å²) in [4.78, 5) is 14.5. The van der Waals surface area contributed by atoms with E-state index in [0.29, 0.717) is 0 Å². The van der Waals surface area contributed by atoms with E-state index in [0.717, 1.165) is 19.0 Å². The van der Waals surface area contributed by atoms with Crippen molar-refractivity contribution in [2.75, 3.05) is 18.0 Å². The van der Waals surface area contributed by atoms with Gasteiger partial charge in [0.05, 0.1) is 5.39 Å². The topological polar surface area (TPSA) is 29.0 Å². The van der Waals surface area contributed by atoms with Crippen LogP contribution >= 0.6 is 11.3 Å². The van der Waals surface area contributed by atoms with Crippen LogP contribution in [0.3, 0.4) is 0 Å². The second-order valence-corrected chi connectivity index (χ2v) is 7.37. The van der Waals surface area contributed by atoms with Gasteiger partial charge in [0, 0.05) is 18.0 Å². The van der Waals surface area contributed by atoms with Crippen LogP contribution in [0.5, 0.6) is 0 Å². The number of hydrogen-bond acceptors (Lipinski definition) is 4. The highest BCUT2D eigenvalue weighted by Gasteiger charge is 2.24. The van der Waals surface area contributed by atoms with Crippen LogP contribution in [0.1, 0.15) is 43.0 Å². The van der Waals surface area contributed by atoms with Crippen LogP contribution in [0.2, 0.25) is 0 Å². The Hall–Kier alpha value is -1.16. The van der Waals surface area contributed by atoms with Gasteiger partial charge in [-0.1, -0.05) is 6.92 Å². The molecule has 1 unspecified atom stereocenters. The van der Waals surface area contributed by atoms with Crippen molar-refractivity contribution >= 4 is 27.4 Å². The average molecular weight is 287 g/mol. The third-order valence-electron chi connectivity index (χ3n) is 4.69. The van der Waals surface area contributed by atoms with Crippen molar-refractivity contribution < 1.29 is 0 Å². The largest absolute Gasteiger partial charge is 0.356 e. The number of aryl methyl sites for hydroxylation is 2. The first kappa shape index (κ1) is 12.6. The average Bonchev–Trinajstić information content (AvgIpc) is 2.85. The van der Waals surface area contributed by atoms with Gasteiger partial charge >= 0.3 is 0 Å². The lowest BCUT2D eigenvalue weighted by molar-refractivity contribution is 0.445. The maximum absolute atomic E-state index is 4.67. The fourth-order valence-corrected chi connectivity index (χ4v) is 4.92. The second kappa shape index (κ2) is 4.99. The standard InChI is InChI=1S/C16H21N3S/c1-11-5-4-8-19(9-11)15-14-12-6-2-3-7-13(12)20-16(14)18-10-17-15/h10-11H,2-9H2,1H3. The number of hydrogen-bond donors (Lipinski definition) is 0. The lowest BCUT2D eigenvalue weighted by Gasteiger charge is -2.32. The normalized spacial score (nSPS) is 23.1. The Morgan fingerprint density at radius 2 is 2.10 bits per heavy atom. The highest BCUT2D eigenvalue weighted by molar-refractivity contribution is 7.19. The molecule has 3 nitrogen and oxygen atoms in total. The first-order chi connectivity index (χ1) is 9.83. The molecule has 1 saturated heterocycles.